The van der Waals surface area contributed by atoms with Crippen LogP contribution >= 0.6 is 0 Å². The number of hydrogen-bond donors (Lipinski definition) is 0. The average Bonchev–Trinajstić information content (AvgIpc) is 3.69. The van der Waals surface area contributed by atoms with Crippen molar-refractivity contribution in [1.82, 2.24) is 42.8 Å². The van der Waals surface area contributed by atoms with Gasteiger partial charge in [0.1, 0.15) is 0 Å². The Morgan fingerprint density at radius 2 is 0.882 bits per heavy atom. The predicted molar refractivity (Wildman–Crippen MR) is 129 cm³/mol. The van der Waals surface area contributed by atoms with Gasteiger partial charge in [-0.3, -0.25) is 0 Å². The third-order valence-electron chi connectivity index (χ3n) is 6.28. The van der Waals surface area contributed by atoms with Crippen LogP contribution in [0.5, 0.6) is 0 Å². The standard InChI is InChI=1S/C25H19N9/c1-30-24-20(10-18(31-6-2-26-14-31)12-22(24)33-8-4-28-16-33)21-11-19(32-7-3-27-15-32)13-23(25(21)30)34-9-5-29-17-34/h2-17H,1H3. The van der Waals surface area contributed by atoms with Gasteiger partial charge in [0.2, 0.25) is 0 Å². The highest BCUT2D eigenvalue weighted by molar-refractivity contribution is 6.14. The summed E-state index contributed by atoms with van der Waals surface area (Å²) in [5.74, 6) is 0. The van der Waals surface area contributed by atoms with Gasteiger partial charge in [-0.25, -0.2) is 19.9 Å². The Kier molecular flexibility index (Phi) is 3.86. The minimum atomic E-state index is 1.03. The molecule has 34 heavy (non-hydrogen) atoms. The molecule has 0 radical (unpaired) electrons. The Balaban J connectivity index is 1.66. The molecular formula is C25H19N9. The van der Waals surface area contributed by atoms with E-state index in [2.05, 4.69) is 65.0 Å². The van der Waals surface area contributed by atoms with E-state index in [-0.39, 0.29) is 0 Å². The zero-order valence-corrected chi connectivity index (χ0v) is 18.3. The van der Waals surface area contributed by atoms with Gasteiger partial charge in [0, 0.05) is 78.8 Å². The van der Waals surface area contributed by atoms with Crippen molar-refractivity contribution in [3.63, 3.8) is 0 Å². The second-order valence-electron chi connectivity index (χ2n) is 8.16. The van der Waals surface area contributed by atoms with Crippen LogP contribution in [0.3, 0.4) is 0 Å². The quantitative estimate of drug-likeness (QED) is 0.409. The van der Waals surface area contributed by atoms with Crippen molar-refractivity contribution in [2.45, 2.75) is 0 Å². The first kappa shape index (κ1) is 18.6. The molecule has 7 rings (SSSR count). The first-order valence-electron chi connectivity index (χ1n) is 10.8. The van der Waals surface area contributed by atoms with Gasteiger partial charge in [-0.1, -0.05) is 0 Å². The van der Waals surface area contributed by atoms with Crippen LogP contribution in [0.15, 0.2) is 99.1 Å². The van der Waals surface area contributed by atoms with Gasteiger partial charge in [0.05, 0.1) is 47.7 Å². The van der Waals surface area contributed by atoms with Gasteiger partial charge in [-0.2, -0.15) is 0 Å². The van der Waals surface area contributed by atoms with E-state index in [0.717, 1.165) is 44.6 Å². The normalized spacial score (nSPS) is 11.7. The molecular weight excluding hydrogens is 426 g/mol. The van der Waals surface area contributed by atoms with Crippen LogP contribution in [0.4, 0.5) is 0 Å². The van der Waals surface area contributed by atoms with Gasteiger partial charge in [0.25, 0.3) is 0 Å². The Labute approximate surface area is 193 Å². The van der Waals surface area contributed by atoms with E-state index in [9.17, 15) is 0 Å². The first-order chi connectivity index (χ1) is 16.8. The maximum Gasteiger partial charge on any atom is 0.0992 e. The Bertz CT molecular complexity index is 1610. The van der Waals surface area contributed by atoms with E-state index < -0.39 is 0 Å². The van der Waals surface area contributed by atoms with E-state index in [0.29, 0.717) is 0 Å². The topological polar surface area (TPSA) is 76.2 Å². The summed E-state index contributed by atoms with van der Waals surface area (Å²) in [7, 11) is 2.11. The molecule has 0 aliphatic carbocycles. The van der Waals surface area contributed by atoms with E-state index in [1.807, 2.05) is 59.2 Å². The third kappa shape index (κ3) is 2.67. The van der Waals surface area contributed by atoms with Crippen molar-refractivity contribution in [3.8, 4) is 22.7 Å². The van der Waals surface area contributed by atoms with E-state index >= 15 is 0 Å². The molecule has 0 saturated carbocycles. The molecule has 0 aliphatic heterocycles. The number of aromatic nitrogens is 9. The van der Waals surface area contributed by atoms with E-state index in [1.54, 1.807) is 24.8 Å². The molecule has 0 N–H and O–H groups in total. The van der Waals surface area contributed by atoms with Crippen LogP contribution in [0.2, 0.25) is 0 Å². The molecule has 0 saturated heterocycles. The molecule has 0 spiro atoms. The summed E-state index contributed by atoms with van der Waals surface area (Å²) in [5.41, 5.74) is 6.36. The summed E-state index contributed by atoms with van der Waals surface area (Å²) in [6.07, 6.45) is 22.3. The van der Waals surface area contributed by atoms with Crippen LogP contribution in [-0.2, 0) is 7.05 Å². The molecule has 0 amide bonds. The highest BCUT2D eigenvalue weighted by Gasteiger charge is 2.20. The Morgan fingerprint density at radius 1 is 0.500 bits per heavy atom. The van der Waals surface area contributed by atoms with Crippen molar-refractivity contribution in [1.29, 1.82) is 0 Å². The highest BCUT2D eigenvalue weighted by atomic mass is 15.1. The maximum atomic E-state index is 4.30. The molecule has 9 heteroatoms. The lowest BCUT2D eigenvalue weighted by Crippen LogP contribution is -2.01. The Hall–Kier alpha value is -4.92. The number of hydrogen-bond acceptors (Lipinski definition) is 4. The second kappa shape index (κ2) is 7.04. The first-order valence-corrected chi connectivity index (χ1v) is 10.8. The minimum Gasteiger partial charge on any atom is -0.340 e. The lowest BCUT2D eigenvalue weighted by molar-refractivity contribution is 0.962. The predicted octanol–water partition coefficient (Wildman–Crippen LogP) is 4.07. The molecule has 9 nitrogen and oxygen atoms in total. The molecule has 164 valence electrons. The van der Waals surface area contributed by atoms with Crippen molar-refractivity contribution in [2.75, 3.05) is 0 Å². The van der Waals surface area contributed by atoms with Crippen LogP contribution in [0, 0.1) is 0 Å². The lowest BCUT2D eigenvalue weighted by Gasteiger charge is -2.12. The lowest BCUT2D eigenvalue weighted by atomic mass is 10.1. The molecule has 0 bridgehead atoms. The summed E-state index contributed by atoms with van der Waals surface area (Å²) in [6, 6.07) is 8.76. The van der Waals surface area contributed by atoms with Crippen molar-refractivity contribution in [3.05, 3.63) is 99.1 Å². The average molecular weight is 445 g/mol. The van der Waals surface area contributed by atoms with Crippen LogP contribution in [0.1, 0.15) is 0 Å². The summed E-state index contributed by atoms with van der Waals surface area (Å²) in [5, 5.41) is 2.27. The summed E-state index contributed by atoms with van der Waals surface area (Å²) in [6.45, 7) is 0. The number of benzene rings is 2. The molecule has 5 aromatic heterocycles. The van der Waals surface area contributed by atoms with E-state index in [4.69, 9.17) is 0 Å². The number of imidazole rings is 4. The van der Waals surface area contributed by atoms with Crippen LogP contribution in [0.25, 0.3) is 44.6 Å². The van der Waals surface area contributed by atoms with Gasteiger partial charge in [-0.15, -0.1) is 0 Å². The maximum absolute atomic E-state index is 4.30. The second-order valence-corrected chi connectivity index (χ2v) is 8.16. The fourth-order valence-corrected chi connectivity index (χ4v) is 4.75. The molecule has 0 fully saturated rings. The molecule has 0 atom stereocenters. The van der Waals surface area contributed by atoms with Crippen molar-refractivity contribution >= 4 is 21.8 Å². The largest absolute Gasteiger partial charge is 0.340 e. The fraction of sp³-hybridized carbons (Fsp3) is 0.0400. The van der Waals surface area contributed by atoms with Gasteiger partial charge in [0.15, 0.2) is 0 Å². The number of fused-ring (bicyclic) bond motifs is 3. The molecule has 0 unspecified atom stereocenters. The van der Waals surface area contributed by atoms with Crippen molar-refractivity contribution < 1.29 is 0 Å². The number of rotatable bonds is 4. The number of nitrogens with zero attached hydrogens (tertiary/aromatic N) is 9. The summed E-state index contributed by atoms with van der Waals surface area (Å²) in [4.78, 5) is 17.1. The van der Waals surface area contributed by atoms with Gasteiger partial charge < -0.3 is 22.8 Å². The molecule has 0 aliphatic rings. The van der Waals surface area contributed by atoms with Gasteiger partial charge >= 0.3 is 0 Å². The van der Waals surface area contributed by atoms with Crippen LogP contribution < -0.4 is 0 Å². The molecule has 7 aromatic rings. The zero-order chi connectivity index (χ0) is 22.6. The van der Waals surface area contributed by atoms with E-state index in [1.165, 1.54) is 0 Å². The SMILES string of the molecule is Cn1c2c(-n3ccnc3)cc(-n3ccnc3)cc2c2cc(-n3ccnc3)cc(-n3ccnc3)c21. The smallest absolute Gasteiger partial charge is 0.0992 e. The summed E-state index contributed by atoms with van der Waals surface area (Å²) >= 11 is 0. The summed E-state index contributed by atoms with van der Waals surface area (Å²) < 4.78 is 10.4. The zero-order valence-electron chi connectivity index (χ0n) is 18.3. The highest BCUT2D eigenvalue weighted by Crippen LogP contribution is 2.38. The minimum absolute atomic E-state index is 1.03. The number of aryl methyl sites for hydroxylation is 1. The van der Waals surface area contributed by atoms with Gasteiger partial charge in [-0.05, 0) is 24.3 Å². The molecule has 5 heterocycles. The Morgan fingerprint density at radius 3 is 1.24 bits per heavy atom. The molecule has 2 aromatic carbocycles. The monoisotopic (exact) mass is 445 g/mol. The van der Waals surface area contributed by atoms with Crippen molar-refractivity contribution in [2.24, 2.45) is 7.05 Å². The fourth-order valence-electron chi connectivity index (χ4n) is 4.75. The third-order valence-corrected chi connectivity index (χ3v) is 6.28. The van der Waals surface area contributed by atoms with Crippen LogP contribution in [-0.4, -0.2) is 42.8 Å².